The zero-order chi connectivity index (χ0) is 7.35. The number of alkyl halides is 1. The van der Waals surface area contributed by atoms with Gasteiger partial charge >= 0.3 is 0 Å². The molecule has 3 heteroatoms. The summed E-state index contributed by atoms with van der Waals surface area (Å²) in [5, 5.41) is 9.75. The van der Waals surface area contributed by atoms with Crippen LogP contribution in [0.5, 0.6) is 0 Å². The normalized spacial score (nSPS) is 59.7. The van der Waals surface area contributed by atoms with Gasteiger partial charge in [-0.15, -0.1) is 11.6 Å². The molecule has 4 atom stereocenters. The topological polar surface area (TPSA) is 29.5 Å². The van der Waals surface area contributed by atoms with Crippen molar-refractivity contribution >= 4 is 11.6 Å². The van der Waals surface area contributed by atoms with E-state index < -0.39 is 5.60 Å². The Bertz CT molecular complexity index is 156. The second-order valence-electron chi connectivity index (χ2n) is 3.48. The summed E-state index contributed by atoms with van der Waals surface area (Å²) in [7, 11) is 0. The molecule has 2 bridgehead atoms. The van der Waals surface area contributed by atoms with Crippen LogP contribution in [-0.2, 0) is 4.74 Å². The molecule has 58 valence electrons. The Hall–Kier alpha value is 0.210. The van der Waals surface area contributed by atoms with Crippen LogP contribution in [0.25, 0.3) is 0 Å². The molecule has 2 saturated heterocycles. The lowest BCUT2D eigenvalue weighted by Gasteiger charge is -2.26. The van der Waals surface area contributed by atoms with Gasteiger partial charge in [0, 0.05) is 6.42 Å². The maximum absolute atomic E-state index is 9.62. The molecule has 0 aliphatic carbocycles. The number of halogens is 1. The van der Waals surface area contributed by atoms with Crippen LogP contribution in [0.4, 0.5) is 0 Å². The highest BCUT2D eigenvalue weighted by Gasteiger charge is 2.52. The summed E-state index contributed by atoms with van der Waals surface area (Å²) in [5.74, 6) is 0. The second-order valence-corrected chi connectivity index (χ2v) is 4.04. The first-order valence-electron chi connectivity index (χ1n) is 3.61. The third kappa shape index (κ3) is 0.792. The fourth-order valence-corrected chi connectivity index (χ4v) is 2.13. The number of hydrogen-bond acceptors (Lipinski definition) is 2. The van der Waals surface area contributed by atoms with Crippen molar-refractivity contribution in [2.24, 2.45) is 0 Å². The number of fused-ring (bicyclic) bond motifs is 2. The summed E-state index contributed by atoms with van der Waals surface area (Å²) < 4.78 is 5.42. The quantitative estimate of drug-likeness (QED) is 0.537. The van der Waals surface area contributed by atoms with Crippen LogP contribution in [0.3, 0.4) is 0 Å². The zero-order valence-electron chi connectivity index (χ0n) is 5.88. The Morgan fingerprint density at radius 2 is 2.40 bits per heavy atom. The molecular formula is C7H11ClO2. The molecule has 1 N–H and O–H groups in total. The highest BCUT2D eigenvalue weighted by molar-refractivity contribution is 6.21. The average molecular weight is 163 g/mol. The Kier molecular flexibility index (Phi) is 1.29. The van der Waals surface area contributed by atoms with E-state index >= 15 is 0 Å². The molecule has 10 heavy (non-hydrogen) atoms. The van der Waals surface area contributed by atoms with E-state index in [2.05, 4.69) is 0 Å². The van der Waals surface area contributed by atoms with Crippen LogP contribution in [0.2, 0.25) is 0 Å². The van der Waals surface area contributed by atoms with E-state index in [1.165, 1.54) is 0 Å². The van der Waals surface area contributed by atoms with Crippen LogP contribution >= 0.6 is 11.6 Å². The third-order valence-electron chi connectivity index (χ3n) is 2.49. The molecule has 2 nitrogen and oxygen atoms in total. The van der Waals surface area contributed by atoms with Gasteiger partial charge in [0.15, 0.2) is 0 Å². The minimum absolute atomic E-state index is 0.0139. The Labute approximate surface area is 65.1 Å². The monoisotopic (exact) mass is 162 g/mol. The molecule has 0 radical (unpaired) electrons. The van der Waals surface area contributed by atoms with Crippen molar-refractivity contribution in [2.75, 3.05) is 0 Å². The lowest BCUT2D eigenvalue weighted by atomic mass is 9.86. The fraction of sp³-hybridized carbons (Fsp3) is 1.00. The second kappa shape index (κ2) is 1.87. The SMILES string of the molecule is C[C@]1(O)C[C@@H]2O[C@H]1C[C@@H]2Cl. The minimum atomic E-state index is -0.615. The van der Waals surface area contributed by atoms with Crippen molar-refractivity contribution in [1.29, 1.82) is 0 Å². The van der Waals surface area contributed by atoms with E-state index in [9.17, 15) is 5.11 Å². The van der Waals surface area contributed by atoms with Gasteiger partial charge in [0.05, 0.1) is 23.2 Å². The molecule has 0 unspecified atom stereocenters. The van der Waals surface area contributed by atoms with Gasteiger partial charge in [-0.2, -0.15) is 0 Å². The summed E-state index contributed by atoms with van der Waals surface area (Å²) in [5.41, 5.74) is -0.615. The van der Waals surface area contributed by atoms with Gasteiger partial charge < -0.3 is 9.84 Å². The molecule has 0 aromatic heterocycles. The van der Waals surface area contributed by atoms with E-state index in [-0.39, 0.29) is 17.6 Å². The predicted octanol–water partition coefficient (Wildman–Crippen LogP) is 0.906. The van der Waals surface area contributed by atoms with E-state index in [1.54, 1.807) is 0 Å². The lowest BCUT2D eigenvalue weighted by molar-refractivity contribution is -0.0146. The fourth-order valence-electron chi connectivity index (χ4n) is 1.82. The van der Waals surface area contributed by atoms with Crippen molar-refractivity contribution in [3.05, 3.63) is 0 Å². The molecule has 0 aromatic rings. The molecular weight excluding hydrogens is 152 g/mol. The number of ether oxygens (including phenoxy) is 1. The van der Waals surface area contributed by atoms with Crippen molar-refractivity contribution in [2.45, 2.75) is 43.0 Å². The third-order valence-corrected chi connectivity index (χ3v) is 2.95. The lowest BCUT2D eigenvalue weighted by Crippen LogP contribution is -2.38. The Morgan fingerprint density at radius 1 is 1.70 bits per heavy atom. The van der Waals surface area contributed by atoms with Crippen LogP contribution in [-0.4, -0.2) is 28.3 Å². The van der Waals surface area contributed by atoms with Gasteiger partial charge in [-0.05, 0) is 13.3 Å². The Morgan fingerprint density at radius 3 is 2.70 bits per heavy atom. The Balaban J connectivity index is 2.16. The maximum Gasteiger partial charge on any atom is 0.0906 e. The minimum Gasteiger partial charge on any atom is -0.387 e. The summed E-state index contributed by atoms with van der Waals surface area (Å²) >= 11 is 5.90. The molecule has 2 fully saturated rings. The molecule has 2 heterocycles. The first-order chi connectivity index (χ1) is 4.59. The first kappa shape index (κ1) is 6.89. The van der Waals surface area contributed by atoms with Crippen molar-refractivity contribution in [3.63, 3.8) is 0 Å². The van der Waals surface area contributed by atoms with Crippen LogP contribution in [0, 0.1) is 0 Å². The number of aliphatic hydroxyl groups is 1. The van der Waals surface area contributed by atoms with E-state index in [1.807, 2.05) is 6.92 Å². The molecule has 0 saturated carbocycles. The van der Waals surface area contributed by atoms with Gasteiger partial charge in [0.25, 0.3) is 0 Å². The molecule has 0 spiro atoms. The average Bonchev–Trinajstić information content (AvgIpc) is 2.21. The van der Waals surface area contributed by atoms with Gasteiger partial charge in [0.2, 0.25) is 0 Å². The molecule has 0 amide bonds. The van der Waals surface area contributed by atoms with E-state index in [0.717, 1.165) is 6.42 Å². The smallest absolute Gasteiger partial charge is 0.0906 e. The largest absolute Gasteiger partial charge is 0.387 e. The van der Waals surface area contributed by atoms with Crippen LogP contribution in [0.15, 0.2) is 0 Å². The van der Waals surface area contributed by atoms with Gasteiger partial charge in [-0.1, -0.05) is 0 Å². The summed E-state index contributed by atoms with van der Waals surface area (Å²) in [6.45, 7) is 1.82. The van der Waals surface area contributed by atoms with Crippen molar-refractivity contribution < 1.29 is 9.84 Å². The molecule has 2 aliphatic heterocycles. The van der Waals surface area contributed by atoms with E-state index in [4.69, 9.17) is 16.3 Å². The van der Waals surface area contributed by atoms with Gasteiger partial charge in [0.1, 0.15) is 0 Å². The highest BCUT2D eigenvalue weighted by atomic mass is 35.5. The summed E-state index contributed by atoms with van der Waals surface area (Å²) in [6, 6.07) is 0. The highest BCUT2D eigenvalue weighted by Crippen LogP contribution is 2.43. The zero-order valence-corrected chi connectivity index (χ0v) is 6.64. The number of rotatable bonds is 0. The predicted molar refractivity (Wildman–Crippen MR) is 38.2 cm³/mol. The maximum atomic E-state index is 9.62. The van der Waals surface area contributed by atoms with E-state index in [0.29, 0.717) is 6.42 Å². The van der Waals surface area contributed by atoms with Crippen LogP contribution in [0.1, 0.15) is 19.8 Å². The molecule has 2 aliphatic rings. The summed E-state index contributed by atoms with van der Waals surface area (Å²) in [6.07, 6.45) is 1.59. The summed E-state index contributed by atoms with van der Waals surface area (Å²) in [4.78, 5) is 0. The van der Waals surface area contributed by atoms with Crippen molar-refractivity contribution in [1.82, 2.24) is 0 Å². The van der Waals surface area contributed by atoms with Gasteiger partial charge in [-0.3, -0.25) is 0 Å². The van der Waals surface area contributed by atoms with Crippen LogP contribution < -0.4 is 0 Å². The first-order valence-corrected chi connectivity index (χ1v) is 4.05. The standard InChI is InChI=1S/C7H11ClO2/c1-7(9)3-5-4(8)2-6(7)10-5/h4-6,9H,2-3H2,1H3/t4-,5-,6-,7-/m0/s1. The molecule has 0 aromatic carbocycles. The number of hydrogen-bond donors (Lipinski definition) is 1. The van der Waals surface area contributed by atoms with Gasteiger partial charge in [-0.25, -0.2) is 0 Å². The van der Waals surface area contributed by atoms with Crippen molar-refractivity contribution in [3.8, 4) is 0 Å². The molecule has 2 rings (SSSR count).